The molecule has 11 heavy (non-hydrogen) atoms. The summed E-state index contributed by atoms with van der Waals surface area (Å²) in [6.07, 6.45) is 1.08. The molecule has 0 saturated carbocycles. The number of carbonyl (C=O) groups is 1. The Kier molecular flexibility index (Phi) is 2.20. The highest BCUT2D eigenvalue weighted by Crippen LogP contribution is 2.10. The van der Waals surface area contributed by atoms with Gasteiger partial charge in [-0.3, -0.25) is 4.79 Å². The lowest BCUT2D eigenvalue weighted by Gasteiger charge is -1.89. The first-order chi connectivity index (χ1) is 5.22. The van der Waals surface area contributed by atoms with Gasteiger partial charge < -0.3 is 9.15 Å². The summed E-state index contributed by atoms with van der Waals surface area (Å²) in [5.74, 6) is -0.616. The Morgan fingerprint density at radius 2 is 2.64 bits per heavy atom. The average molecular weight is 159 g/mol. The zero-order valence-electron chi connectivity index (χ0n) is 5.83. The normalized spacial score (nSPS) is 9.64. The van der Waals surface area contributed by atoms with Crippen molar-refractivity contribution in [2.45, 2.75) is 13.6 Å². The van der Waals surface area contributed by atoms with E-state index in [1.165, 1.54) is 6.92 Å². The smallest absolute Gasteiger partial charge is 0.309 e. The molecule has 0 fully saturated rings. The van der Waals surface area contributed by atoms with Gasteiger partial charge in [0.2, 0.25) is 5.89 Å². The lowest BCUT2D eigenvalue weighted by molar-refractivity contribution is -0.132. The summed E-state index contributed by atoms with van der Waals surface area (Å²) < 4.78 is 20.8. The second kappa shape index (κ2) is 3.14. The Bertz CT molecular complexity index is 258. The SMILES string of the molecule is CC(=O)Oc1coc(CF)n1. The molecule has 1 aromatic heterocycles. The molecule has 0 aliphatic rings. The summed E-state index contributed by atoms with van der Waals surface area (Å²) in [5, 5.41) is 0. The van der Waals surface area contributed by atoms with Crippen LogP contribution >= 0.6 is 0 Å². The van der Waals surface area contributed by atoms with Crippen molar-refractivity contribution in [3.05, 3.63) is 12.2 Å². The van der Waals surface area contributed by atoms with Crippen molar-refractivity contribution in [3.8, 4) is 5.88 Å². The maximum atomic E-state index is 11.8. The number of ether oxygens (including phenoxy) is 1. The van der Waals surface area contributed by atoms with E-state index in [0.717, 1.165) is 6.26 Å². The molecule has 0 atom stereocenters. The van der Waals surface area contributed by atoms with Crippen LogP contribution in [0.15, 0.2) is 10.7 Å². The molecule has 1 aromatic rings. The fraction of sp³-hybridized carbons (Fsp3) is 0.333. The van der Waals surface area contributed by atoms with E-state index in [-0.39, 0.29) is 11.8 Å². The number of aromatic nitrogens is 1. The lowest BCUT2D eigenvalue weighted by Crippen LogP contribution is -2.01. The Morgan fingerprint density at radius 3 is 3.09 bits per heavy atom. The van der Waals surface area contributed by atoms with Gasteiger partial charge in [0, 0.05) is 6.92 Å². The van der Waals surface area contributed by atoms with E-state index in [1.54, 1.807) is 0 Å². The maximum absolute atomic E-state index is 11.8. The Morgan fingerprint density at radius 1 is 1.91 bits per heavy atom. The van der Waals surface area contributed by atoms with Crippen molar-refractivity contribution >= 4 is 5.97 Å². The maximum Gasteiger partial charge on any atom is 0.309 e. The van der Waals surface area contributed by atoms with Gasteiger partial charge in [-0.25, -0.2) is 4.39 Å². The predicted octanol–water partition coefficient (Wildman–Crippen LogP) is 1.07. The summed E-state index contributed by atoms with van der Waals surface area (Å²) in [4.78, 5) is 13.8. The van der Waals surface area contributed by atoms with Crippen LogP contribution in [0.3, 0.4) is 0 Å². The Hall–Kier alpha value is -1.39. The third-order valence-corrected chi connectivity index (χ3v) is 0.893. The molecule has 60 valence electrons. The van der Waals surface area contributed by atoms with Crippen molar-refractivity contribution in [2.24, 2.45) is 0 Å². The van der Waals surface area contributed by atoms with Crippen LogP contribution in [-0.2, 0) is 11.5 Å². The number of esters is 1. The minimum atomic E-state index is -0.804. The van der Waals surface area contributed by atoms with Crippen molar-refractivity contribution in [1.82, 2.24) is 4.98 Å². The van der Waals surface area contributed by atoms with E-state index in [4.69, 9.17) is 0 Å². The van der Waals surface area contributed by atoms with Gasteiger partial charge in [0.05, 0.1) is 0 Å². The first kappa shape index (κ1) is 7.71. The molecule has 0 unspecified atom stereocenters. The molecule has 0 aliphatic carbocycles. The van der Waals surface area contributed by atoms with Crippen LogP contribution in [0.25, 0.3) is 0 Å². The molecule has 0 bridgehead atoms. The van der Waals surface area contributed by atoms with Gasteiger partial charge in [-0.15, -0.1) is 0 Å². The summed E-state index contributed by atoms with van der Waals surface area (Å²) in [6.45, 7) is 0.422. The number of rotatable bonds is 2. The summed E-state index contributed by atoms with van der Waals surface area (Å²) in [5.41, 5.74) is 0. The zero-order chi connectivity index (χ0) is 8.27. The standard InChI is InChI=1S/C6H6FNO3/c1-4(9)11-6-3-10-5(2-7)8-6/h3H,2H2,1H3. The van der Waals surface area contributed by atoms with E-state index in [9.17, 15) is 9.18 Å². The topological polar surface area (TPSA) is 52.3 Å². The number of hydrogen-bond acceptors (Lipinski definition) is 4. The quantitative estimate of drug-likeness (QED) is 0.605. The van der Waals surface area contributed by atoms with Crippen LogP contribution in [0.2, 0.25) is 0 Å². The van der Waals surface area contributed by atoms with Gasteiger partial charge in [-0.2, -0.15) is 4.98 Å². The fourth-order valence-electron chi connectivity index (χ4n) is 0.550. The van der Waals surface area contributed by atoms with Gasteiger partial charge in [-0.05, 0) is 0 Å². The molecule has 0 aromatic carbocycles. The van der Waals surface area contributed by atoms with Crippen LogP contribution in [0.1, 0.15) is 12.8 Å². The summed E-state index contributed by atoms with van der Waals surface area (Å²) >= 11 is 0. The van der Waals surface area contributed by atoms with E-state index < -0.39 is 12.6 Å². The number of halogens is 1. The second-order valence-corrected chi connectivity index (χ2v) is 1.81. The molecule has 4 nitrogen and oxygen atoms in total. The van der Waals surface area contributed by atoms with Gasteiger partial charge in [0.1, 0.15) is 0 Å². The molecule has 1 rings (SSSR count). The number of alkyl halides is 1. The molecule has 0 aliphatic heterocycles. The Balaban J connectivity index is 2.65. The first-order valence-corrected chi connectivity index (χ1v) is 2.91. The van der Waals surface area contributed by atoms with Crippen molar-refractivity contribution in [1.29, 1.82) is 0 Å². The van der Waals surface area contributed by atoms with Gasteiger partial charge in [0.15, 0.2) is 12.9 Å². The van der Waals surface area contributed by atoms with Gasteiger partial charge >= 0.3 is 5.97 Å². The number of oxazole rings is 1. The second-order valence-electron chi connectivity index (χ2n) is 1.81. The monoisotopic (exact) mass is 159 g/mol. The van der Waals surface area contributed by atoms with E-state index in [2.05, 4.69) is 14.1 Å². The highest BCUT2D eigenvalue weighted by atomic mass is 19.1. The fourth-order valence-corrected chi connectivity index (χ4v) is 0.550. The van der Waals surface area contributed by atoms with Crippen LogP contribution in [-0.4, -0.2) is 11.0 Å². The molecule has 0 N–H and O–H groups in total. The van der Waals surface area contributed by atoms with Crippen LogP contribution in [0, 0.1) is 0 Å². The molecule has 0 saturated heterocycles. The molecule has 1 heterocycles. The average Bonchev–Trinajstić information content (AvgIpc) is 2.34. The molecule has 0 spiro atoms. The molecular weight excluding hydrogens is 153 g/mol. The lowest BCUT2D eigenvalue weighted by atomic mass is 10.7. The Labute approximate surface area is 62.0 Å². The van der Waals surface area contributed by atoms with Gasteiger partial charge in [0.25, 0.3) is 5.88 Å². The van der Waals surface area contributed by atoms with Crippen molar-refractivity contribution < 1.29 is 18.3 Å². The largest absolute Gasteiger partial charge is 0.442 e. The molecule has 5 heteroatoms. The predicted molar refractivity (Wildman–Crippen MR) is 32.6 cm³/mol. The number of carbonyl (C=O) groups excluding carboxylic acids is 1. The van der Waals surface area contributed by atoms with Crippen molar-refractivity contribution in [3.63, 3.8) is 0 Å². The van der Waals surface area contributed by atoms with E-state index in [0.29, 0.717) is 0 Å². The molecular formula is C6H6FNO3. The third kappa shape index (κ3) is 2.03. The number of nitrogens with zero attached hydrogens (tertiary/aromatic N) is 1. The highest BCUT2D eigenvalue weighted by molar-refractivity contribution is 5.68. The third-order valence-electron chi connectivity index (χ3n) is 0.893. The van der Waals surface area contributed by atoms with Gasteiger partial charge in [-0.1, -0.05) is 0 Å². The minimum absolute atomic E-state index is 0.00912. The highest BCUT2D eigenvalue weighted by Gasteiger charge is 2.05. The van der Waals surface area contributed by atoms with Crippen LogP contribution in [0.5, 0.6) is 5.88 Å². The number of hydrogen-bond donors (Lipinski definition) is 0. The molecule has 0 radical (unpaired) electrons. The molecule has 0 amide bonds. The van der Waals surface area contributed by atoms with E-state index >= 15 is 0 Å². The first-order valence-electron chi connectivity index (χ1n) is 2.91. The zero-order valence-corrected chi connectivity index (χ0v) is 5.83. The summed E-state index contributed by atoms with van der Waals surface area (Å²) in [6, 6.07) is 0. The van der Waals surface area contributed by atoms with Crippen LogP contribution < -0.4 is 4.74 Å². The van der Waals surface area contributed by atoms with E-state index in [1.807, 2.05) is 0 Å². The van der Waals surface area contributed by atoms with Crippen LogP contribution in [0.4, 0.5) is 4.39 Å². The minimum Gasteiger partial charge on any atom is -0.442 e. The summed E-state index contributed by atoms with van der Waals surface area (Å²) in [7, 11) is 0. The van der Waals surface area contributed by atoms with Crippen molar-refractivity contribution in [2.75, 3.05) is 0 Å².